The van der Waals surface area contributed by atoms with Crippen molar-refractivity contribution in [2.75, 3.05) is 19.8 Å². The Bertz CT molecular complexity index is 1680. The Morgan fingerprint density at radius 3 is 1.73 bits per heavy atom. The number of esters is 4. The number of unbranched alkanes of at least 4 members (excludes halogenated alkanes) is 4. The maximum atomic E-state index is 13.0. The van der Waals surface area contributed by atoms with Gasteiger partial charge in [0, 0.05) is 11.6 Å². The number of carbonyl (C=O) groups excluding carboxylic acids is 4. The van der Waals surface area contributed by atoms with Crippen LogP contribution in [0.1, 0.15) is 125 Å². The minimum Gasteiger partial charge on any atom is -0.464 e. The summed E-state index contributed by atoms with van der Waals surface area (Å²) in [5, 5.41) is 0. The van der Waals surface area contributed by atoms with E-state index in [9.17, 15) is 19.2 Å². The van der Waals surface area contributed by atoms with Crippen LogP contribution in [0.5, 0.6) is 5.75 Å². The van der Waals surface area contributed by atoms with Gasteiger partial charge in [0.05, 0.1) is 25.4 Å². The van der Waals surface area contributed by atoms with E-state index in [4.69, 9.17) is 28.4 Å². The largest absolute Gasteiger partial charge is 0.464 e. The zero-order valence-corrected chi connectivity index (χ0v) is 32.8. The predicted octanol–water partition coefficient (Wildman–Crippen LogP) is 9.61. The third-order valence-electron chi connectivity index (χ3n) is 10.5. The molecule has 1 heterocycles. The summed E-state index contributed by atoms with van der Waals surface area (Å²) >= 11 is 0. The third-order valence-corrected chi connectivity index (χ3v) is 10.5. The van der Waals surface area contributed by atoms with Crippen LogP contribution in [0.3, 0.4) is 0 Å². The molecule has 0 radical (unpaired) electrons. The lowest BCUT2D eigenvalue weighted by Gasteiger charge is -2.29. The number of ether oxygens (including phenoxy) is 6. The molecule has 0 unspecified atom stereocenters. The standard InChI is InChI=1S/C46H56O10/c1-4-7-29-52-44(49)41-42(45(50)53-30-8-5-2)56-46(55-41)38-25-27-39(28-26-38)54-43(48)37-23-21-36(22-24-37)35-19-17-34(18-20-35)33-15-13-32(14-16-33)12-10-9-11-31-51-40(47)6-3/h6,17-28,32-33,41-42,46H,3-5,7-16,29-31H2,1-2H3/t32-,33-,41-,42-/m1/s1. The molecule has 1 saturated heterocycles. The van der Waals surface area contributed by atoms with Gasteiger partial charge in [-0.15, -0.1) is 0 Å². The second kappa shape index (κ2) is 22.1. The normalized spacial score (nSPS) is 19.5. The Morgan fingerprint density at radius 2 is 1.18 bits per heavy atom. The molecule has 3 aromatic carbocycles. The molecule has 1 aliphatic carbocycles. The van der Waals surface area contributed by atoms with Crippen molar-refractivity contribution in [1.82, 2.24) is 0 Å². The number of hydrogen-bond acceptors (Lipinski definition) is 10. The van der Waals surface area contributed by atoms with E-state index in [2.05, 4.69) is 30.8 Å². The third kappa shape index (κ3) is 12.4. The molecule has 10 nitrogen and oxygen atoms in total. The van der Waals surface area contributed by atoms with Crippen LogP contribution in [0.25, 0.3) is 11.1 Å². The van der Waals surface area contributed by atoms with Crippen LogP contribution in [-0.4, -0.2) is 55.9 Å². The lowest BCUT2D eigenvalue weighted by Crippen LogP contribution is -2.39. The fraction of sp³-hybridized carbons (Fsp3) is 0.478. The van der Waals surface area contributed by atoms with Gasteiger partial charge in [0.15, 0.2) is 18.5 Å². The number of carbonyl (C=O) groups is 4. The van der Waals surface area contributed by atoms with E-state index in [1.807, 2.05) is 26.0 Å². The number of benzene rings is 3. The molecule has 0 aromatic heterocycles. The van der Waals surface area contributed by atoms with Crippen molar-refractivity contribution in [3.63, 3.8) is 0 Å². The molecule has 56 heavy (non-hydrogen) atoms. The topological polar surface area (TPSA) is 124 Å². The van der Waals surface area contributed by atoms with Crippen molar-refractivity contribution in [1.29, 1.82) is 0 Å². The van der Waals surface area contributed by atoms with E-state index >= 15 is 0 Å². The summed E-state index contributed by atoms with van der Waals surface area (Å²) in [4.78, 5) is 49.8. The Morgan fingerprint density at radius 1 is 0.643 bits per heavy atom. The smallest absolute Gasteiger partial charge is 0.343 e. The van der Waals surface area contributed by atoms with E-state index in [-0.39, 0.29) is 19.2 Å². The van der Waals surface area contributed by atoms with Crippen LogP contribution in [0.4, 0.5) is 0 Å². The summed E-state index contributed by atoms with van der Waals surface area (Å²) in [5.41, 5.74) is 4.43. The summed E-state index contributed by atoms with van der Waals surface area (Å²) in [6.45, 7) is 8.30. The first-order chi connectivity index (χ1) is 27.3. The van der Waals surface area contributed by atoms with Gasteiger partial charge in [0.25, 0.3) is 0 Å². The predicted molar refractivity (Wildman–Crippen MR) is 212 cm³/mol. The summed E-state index contributed by atoms with van der Waals surface area (Å²) < 4.78 is 33.1. The highest BCUT2D eigenvalue weighted by atomic mass is 16.8. The lowest BCUT2D eigenvalue weighted by atomic mass is 9.77. The van der Waals surface area contributed by atoms with Gasteiger partial charge in [-0.1, -0.05) is 101 Å². The molecule has 0 bridgehead atoms. The molecule has 2 atom stereocenters. The highest BCUT2D eigenvalue weighted by Crippen LogP contribution is 2.38. The van der Waals surface area contributed by atoms with Gasteiger partial charge in [-0.25, -0.2) is 19.2 Å². The first-order valence-corrected chi connectivity index (χ1v) is 20.3. The molecular weight excluding hydrogens is 712 g/mol. The molecular formula is C46H56O10. The van der Waals surface area contributed by atoms with Crippen LogP contribution in [0, 0.1) is 5.92 Å². The molecule has 2 aliphatic rings. The highest BCUT2D eigenvalue weighted by molar-refractivity contribution is 5.91. The Kier molecular flexibility index (Phi) is 16.7. The maximum absolute atomic E-state index is 13.0. The molecule has 10 heteroatoms. The van der Waals surface area contributed by atoms with E-state index in [0.717, 1.165) is 42.7 Å². The molecule has 1 aliphatic heterocycles. The van der Waals surface area contributed by atoms with Gasteiger partial charge < -0.3 is 28.4 Å². The molecule has 3 aromatic rings. The molecule has 5 rings (SSSR count). The highest BCUT2D eigenvalue weighted by Gasteiger charge is 2.47. The molecule has 0 spiro atoms. The van der Waals surface area contributed by atoms with Gasteiger partial charge >= 0.3 is 23.9 Å². The van der Waals surface area contributed by atoms with Gasteiger partial charge in [-0.2, -0.15) is 0 Å². The molecule has 0 N–H and O–H groups in total. The van der Waals surface area contributed by atoms with Crippen LogP contribution >= 0.6 is 0 Å². The van der Waals surface area contributed by atoms with Crippen LogP contribution in [0.15, 0.2) is 85.5 Å². The first kappa shape index (κ1) is 42.3. The van der Waals surface area contributed by atoms with Crippen LogP contribution < -0.4 is 4.74 Å². The van der Waals surface area contributed by atoms with Gasteiger partial charge in [-0.3, -0.25) is 0 Å². The zero-order chi connectivity index (χ0) is 39.7. The van der Waals surface area contributed by atoms with Crippen LogP contribution in [0.2, 0.25) is 0 Å². The molecule has 0 amide bonds. The molecule has 2 fully saturated rings. The summed E-state index contributed by atoms with van der Waals surface area (Å²) in [6.07, 6.45) is 10.1. The summed E-state index contributed by atoms with van der Waals surface area (Å²) in [7, 11) is 0. The minimum atomic E-state index is -1.26. The fourth-order valence-electron chi connectivity index (χ4n) is 7.09. The second-order valence-corrected chi connectivity index (χ2v) is 14.6. The zero-order valence-electron chi connectivity index (χ0n) is 32.8. The van der Waals surface area contributed by atoms with E-state index in [0.29, 0.717) is 42.2 Å². The van der Waals surface area contributed by atoms with Crippen molar-refractivity contribution in [2.45, 2.75) is 115 Å². The van der Waals surface area contributed by atoms with Crippen molar-refractivity contribution >= 4 is 23.9 Å². The monoisotopic (exact) mass is 768 g/mol. The van der Waals surface area contributed by atoms with E-state index in [1.165, 1.54) is 50.2 Å². The van der Waals surface area contributed by atoms with Gasteiger partial charge in [0.2, 0.25) is 0 Å². The van der Waals surface area contributed by atoms with E-state index < -0.39 is 36.4 Å². The summed E-state index contributed by atoms with van der Waals surface area (Å²) in [5.74, 6) is -0.520. The van der Waals surface area contributed by atoms with Crippen molar-refractivity contribution in [3.8, 4) is 16.9 Å². The fourth-order valence-corrected chi connectivity index (χ4v) is 7.09. The lowest BCUT2D eigenvalue weighted by molar-refractivity contribution is -0.163. The Balaban J connectivity index is 1.08. The average Bonchev–Trinajstić information content (AvgIpc) is 3.69. The van der Waals surface area contributed by atoms with Crippen molar-refractivity contribution < 1.29 is 47.6 Å². The Hall–Kier alpha value is -4.80. The Labute approximate surface area is 330 Å². The SMILES string of the molecule is C=CC(=O)OCCCCC[C@H]1CC[C@H](c2ccc(-c3ccc(C(=O)Oc4ccc(C5O[C@@H](C(=O)OCCCC)[C@H](C(=O)OCCCC)O5)cc4)cc3)cc2)CC1. The maximum Gasteiger partial charge on any atom is 0.343 e. The minimum absolute atomic E-state index is 0.221. The van der Waals surface area contributed by atoms with Gasteiger partial charge in [0.1, 0.15) is 5.75 Å². The van der Waals surface area contributed by atoms with Crippen molar-refractivity contribution in [3.05, 3.63) is 102 Å². The van der Waals surface area contributed by atoms with Gasteiger partial charge in [-0.05, 0) is 97.7 Å². The quantitative estimate of drug-likeness (QED) is 0.0361. The van der Waals surface area contributed by atoms with Crippen LogP contribution in [-0.2, 0) is 38.1 Å². The summed E-state index contributed by atoms with van der Waals surface area (Å²) in [6, 6.07) is 22.7. The number of hydrogen-bond donors (Lipinski definition) is 0. The van der Waals surface area contributed by atoms with Crippen molar-refractivity contribution in [2.24, 2.45) is 5.92 Å². The number of rotatable bonds is 20. The average molecular weight is 769 g/mol. The van der Waals surface area contributed by atoms with E-state index in [1.54, 1.807) is 36.4 Å². The molecule has 300 valence electrons. The molecule has 1 saturated carbocycles. The first-order valence-electron chi connectivity index (χ1n) is 20.3. The second-order valence-electron chi connectivity index (χ2n) is 14.6.